The van der Waals surface area contributed by atoms with Crippen LogP contribution in [0.25, 0.3) is 11.4 Å². The maximum atomic E-state index is 12.8. The first kappa shape index (κ1) is 18.6. The van der Waals surface area contributed by atoms with Gasteiger partial charge >= 0.3 is 0 Å². The Balaban J connectivity index is 1.36. The minimum atomic E-state index is 0.103. The molecule has 7 heteroatoms. The van der Waals surface area contributed by atoms with Gasteiger partial charge in [-0.1, -0.05) is 21.1 Å². The number of hydrogen-bond acceptors (Lipinski definition) is 5. The number of rotatable bonds is 4. The SMILES string of the molecule is O=C(C1CCCN(Cc2nc(-c3ccc(Br)cc3)no2)C1)N1CCCCC1. The van der Waals surface area contributed by atoms with E-state index in [0.29, 0.717) is 24.2 Å². The summed E-state index contributed by atoms with van der Waals surface area (Å²) < 4.78 is 6.48. The summed E-state index contributed by atoms with van der Waals surface area (Å²) in [5.41, 5.74) is 0.935. The van der Waals surface area contributed by atoms with Gasteiger partial charge < -0.3 is 9.42 Å². The molecule has 2 aliphatic heterocycles. The lowest BCUT2D eigenvalue weighted by Crippen LogP contribution is -2.46. The maximum absolute atomic E-state index is 12.8. The Morgan fingerprint density at radius 2 is 1.89 bits per heavy atom. The average molecular weight is 433 g/mol. The molecule has 3 heterocycles. The second-order valence-electron chi connectivity index (χ2n) is 7.48. The number of hydrogen-bond donors (Lipinski definition) is 0. The Labute approximate surface area is 168 Å². The van der Waals surface area contributed by atoms with Gasteiger partial charge in [-0.3, -0.25) is 9.69 Å². The number of amides is 1. The van der Waals surface area contributed by atoms with Crippen molar-refractivity contribution in [3.63, 3.8) is 0 Å². The van der Waals surface area contributed by atoms with Gasteiger partial charge in [0.2, 0.25) is 17.6 Å². The number of carbonyl (C=O) groups excluding carboxylic acids is 1. The van der Waals surface area contributed by atoms with Gasteiger partial charge in [-0.05, 0) is 62.9 Å². The summed E-state index contributed by atoms with van der Waals surface area (Å²) in [6, 6.07) is 7.86. The van der Waals surface area contributed by atoms with Crippen molar-refractivity contribution < 1.29 is 9.32 Å². The van der Waals surface area contributed by atoms with Crippen LogP contribution in [0.15, 0.2) is 33.3 Å². The molecule has 0 aliphatic carbocycles. The molecule has 2 fully saturated rings. The van der Waals surface area contributed by atoms with Crippen LogP contribution >= 0.6 is 15.9 Å². The van der Waals surface area contributed by atoms with E-state index < -0.39 is 0 Å². The van der Waals surface area contributed by atoms with E-state index in [-0.39, 0.29) is 5.92 Å². The largest absolute Gasteiger partial charge is 0.342 e. The normalized spacial score (nSPS) is 21.4. The van der Waals surface area contributed by atoms with Crippen LogP contribution in [-0.4, -0.2) is 52.0 Å². The smallest absolute Gasteiger partial charge is 0.241 e. The van der Waals surface area contributed by atoms with Gasteiger partial charge in [-0.2, -0.15) is 4.98 Å². The van der Waals surface area contributed by atoms with E-state index in [1.54, 1.807) is 0 Å². The fourth-order valence-corrected chi connectivity index (χ4v) is 4.26. The summed E-state index contributed by atoms with van der Waals surface area (Å²) in [5, 5.41) is 4.11. The van der Waals surface area contributed by atoms with E-state index in [9.17, 15) is 4.79 Å². The number of halogens is 1. The standard InChI is InChI=1S/C20H25BrN4O2/c21-17-8-6-15(7-9-17)19-22-18(27-23-19)14-24-10-4-5-16(13-24)20(26)25-11-2-1-3-12-25/h6-9,16H,1-5,10-14H2. The average Bonchev–Trinajstić information content (AvgIpc) is 3.17. The van der Waals surface area contributed by atoms with Crippen molar-refractivity contribution in [1.82, 2.24) is 19.9 Å². The Morgan fingerprint density at radius 1 is 1.11 bits per heavy atom. The topological polar surface area (TPSA) is 62.5 Å². The number of nitrogens with zero attached hydrogens (tertiary/aromatic N) is 4. The summed E-state index contributed by atoms with van der Waals surface area (Å²) >= 11 is 3.43. The lowest BCUT2D eigenvalue weighted by Gasteiger charge is -2.35. The summed E-state index contributed by atoms with van der Waals surface area (Å²) in [7, 11) is 0. The van der Waals surface area contributed by atoms with Crippen molar-refractivity contribution in [2.45, 2.75) is 38.6 Å². The van der Waals surface area contributed by atoms with E-state index in [0.717, 1.165) is 61.9 Å². The highest BCUT2D eigenvalue weighted by atomic mass is 79.9. The molecule has 1 unspecified atom stereocenters. The molecule has 1 amide bonds. The van der Waals surface area contributed by atoms with Crippen molar-refractivity contribution in [2.24, 2.45) is 5.92 Å². The lowest BCUT2D eigenvalue weighted by atomic mass is 9.95. The predicted octanol–water partition coefficient (Wildman–Crippen LogP) is 3.72. The van der Waals surface area contributed by atoms with Crippen LogP contribution in [0.1, 0.15) is 38.0 Å². The first-order valence-electron chi connectivity index (χ1n) is 9.79. The Bertz CT molecular complexity index is 771. The molecular weight excluding hydrogens is 408 g/mol. The van der Waals surface area contributed by atoms with Gasteiger partial charge in [-0.25, -0.2) is 0 Å². The van der Waals surface area contributed by atoms with Gasteiger partial charge in [0, 0.05) is 29.7 Å². The van der Waals surface area contributed by atoms with Crippen molar-refractivity contribution >= 4 is 21.8 Å². The van der Waals surface area contributed by atoms with E-state index in [1.807, 2.05) is 24.3 Å². The van der Waals surface area contributed by atoms with E-state index >= 15 is 0 Å². The molecule has 0 radical (unpaired) electrons. The summed E-state index contributed by atoms with van der Waals surface area (Å²) in [4.78, 5) is 21.7. The molecule has 2 aliphatic rings. The Hall–Kier alpha value is -1.73. The fourth-order valence-electron chi connectivity index (χ4n) is 4.00. The van der Waals surface area contributed by atoms with Gasteiger partial charge in [0.05, 0.1) is 12.5 Å². The summed E-state index contributed by atoms with van der Waals surface area (Å²) in [6.07, 6.45) is 5.56. The Morgan fingerprint density at radius 3 is 2.67 bits per heavy atom. The minimum absolute atomic E-state index is 0.103. The zero-order chi connectivity index (χ0) is 18.6. The molecule has 2 aromatic rings. The molecule has 4 rings (SSSR count). The van der Waals surface area contributed by atoms with Crippen LogP contribution in [0.3, 0.4) is 0 Å². The summed E-state index contributed by atoms with van der Waals surface area (Å²) in [6.45, 7) is 4.21. The molecule has 6 nitrogen and oxygen atoms in total. The van der Waals surface area contributed by atoms with Crippen LogP contribution in [0.5, 0.6) is 0 Å². The van der Waals surface area contributed by atoms with Gasteiger partial charge in [0.25, 0.3) is 0 Å². The van der Waals surface area contributed by atoms with Crippen molar-refractivity contribution in [3.05, 3.63) is 34.6 Å². The molecule has 1 aromatic carbocycles. The third-order valence-electron chi connectivity index (χ3n) is 5.45. The number of benzene rings is 1. The second-order valence-corrected chi connectivity index (χ2v) is 8.39. The maximum Gasteiger partial charge on any atom is 0.241 e. The molecule has 0 N–H and O–H groups in total. The monoisotopic (exact) mass is 432 g/mol. The molecule has 1 atom stereocenters. The molecular formula is C20H25BrN4O2. The van der Waals surface area contributed by atoms with Gasteiger partial charge in [-0.15, -0.1) is 0 Å². The van der Waals surface area contributed by atoms with Crippen molar-refractivity contribution in [3.8, 4) is 11.4 Å². The molecule has 0 saturated carbocycles. The highest BCUT2D eigenvalue weighted by Crippen LogP contribution is 2.23. The number of aromatic nitrogens is 2. The molecule has 0 spiro atoms. The number of carbonyl (C=O) groups is 1. The molecule has 0 bridgehead atoms. The highest BCUT2D eigenvalue weighted by Gasteiger charge is 2.30. The molecule has 1 aromatic heterocycles. The highest BCUT2D eigenvalue weighted by molar-refractivity contribution is 9.10. The first-order valence-corrected chi connectivity index (χ1v) is 10.6. The van der Waals surface area contributed by atoms with Gasteiger partial charge in [0.1, 0.15) is 0 Å². The first-order chi connectivity index (χ1) is 13.2. The minimum Gasteiger partial charge on any atom is -0.342 e. The number of likely N-dealkylation sites (tertiary alicyclic amines) is 2. The van der Waals surface area contributed by atoms with Crippen LogP contribution in [-0.2, 0) is 11.3 Å². The van der Waals surface area contributed by atoms with Crippen LogP contribution in [0.2, 0.25) is 0 Å². The second kappa shape index (κ2) is 8.52. The zero-order valence-corrected chi connectivity index (χ0v) is 17.0. The number of piperidine rings is 2. The van der Waals surface area contributed by atoms with Crippen LogP contribution in [0.4, 0.5) is 0 Å². The van der Waals surface area contributed by atoms with E-state index in [4.69, 9.17) is 4.52 Å². The summed E-state index contributed by atoms with van der Waals surface area (Å²) in [5.74, 6) is 1.65. The third-order valence-corrected chi connectivity index (χ3v) is 5.98. The fraction of sp³-hybridized carbons (Fsp3) is 0.550. The predicted molar refractivity (Wildman–Crippen MR) is 106 cm³/mol. The van der Waals surface area contributed by atoms with Crippen molar-refractivity contribution in [1.29, 1.82) is 0 Å². The molecule has 144 valence electrons. The van der Waals surface area contributed by atoms with Crippen LogP contribution in [0, 0.1) is 5.92 Å². The van der Waals surface area contributed by atoms with E-state index in [2.05, 4.69) is 35.9 Å². The molecule has 2 saturated heterocycles. The van der Waals surface area contributed by atoms with Crippen LogP contribution < -0.4 is 0 Å². The van der Waals surface area contributed by atoms with Crippen molar-refractivity contribution in [2.75, 3.05) is 26.2 Å². The Kier molecular flexibility index (Phi) is 5.88. The zero-order valence-electron chi connectivity index (χ0n) is 15.4. The quantitative estimate of drug-likeness (QED) is 0.736. The van der Waals surface area contributed by atoms with E-state index in [1.165, 1.54) is 6.42 Å². The lowest BCUT2D eigenvalue weighted by molar-refractivity contribution is -0.138. The third kappa shape index (κ3) is 4.58. The van der Waals surface area contributed by atoms with Gasteiger partial charge in [0.15, 0.2) is 0 Å². The molecule has 27 heavy (non-hydrogen) atoms.